The van der Waals surface area contributed by atoms with Crippen molar-refractivity contribution in [3.05, 3.63) is 69.1 Å². The predicted octanol–water partition coefficient (Wildman–Crippen LogP) is 3.66. The van der Waals surface area contributed by atoms with E-state index >= 15 is 0 Å². The molecule has 0 aliphatic carbocycles. The maximum Gasteiger partial charge on any atom is 0.338 e. The van der Waals surface area contributed by atoms with Crippen molar-refractivity contribution in [2.75, 3.05) is 7.11 Å². The number of hydrogen-bond donors (Lipinski definition) is 0. The Hall–Kier alpha value is -3.46. The first-order chi connectivity index (χ1) is 13.0. The van der Waals surface area contributed by atoms with Gasteiger partial charge in [-0.2, -0.15) is 4.98 Å². The molecule has 0 saturated heterocycles. The summed E-state index contributed by atoms with van der Waals surface area (Å²) in [6.45, 7) is -0.182. The van der Waals surface area contributed by atoms with Crippen LogP contribution in [-0.2, 0) is 11.3 Å². The lowest BCUT2D eigenvalue weighted by molar-refractivity contribution is -0.386. The van der Waals surface area contributed by atoms with Crippen molar-refractivity contribution >= 4 is 23.3 Å². The number of hydrogen-bond acceptors (Lipinski definition) is 8. The largest absolute Gasteiger partial charge is 0.477 e. The topological polar surface area (TPSA) is 118 Å². The quantitative estimate of drug-likeness (QED) is 0.356. The zero-order chi connectivity index (χ0) is 19.4. The number of ether oxygens (including phenoxy) is 2. The van der Waals surface area contributed by atoms with Crippen LogP contribution < -0.4 is 4.74 Å². The number of nitro groups is 1. The second-order valence-electron chi connectivity index (χ2n) is 5.24. The Bertz CT molecular complexity index is 987. The molecule has 0 spiro atoms. The maximum atomic E-state index is 11.5. The molecule has 0 aliphatic rings. The van der Waals surface area contributed by atoms with Crippen molar-refractivity contribution in [1.29, 1.82) is 0 Å². The number of carbonyl (C=O) groups excluding carboxylic acids is 1. The third kappa shape index (κ3) is 4.21. The first-order valence-corrected chi connectivity index (χ1v) is 7.94. The van der Waals surface area contributed by atoms with Crippen LogP contribution in [0.2, 0.25) is 5.02 Å². The molecule has 138 valence electrons. The van der Waals surface area contributed by atoms with Gasteiger partial charge in [0.05, 0.1) is 17.6 Å². The van der Waals surface area contributed by atoms with Crippen LogP contribution in [0, 0.1) is 10.1 Å². The Morgan fingerprint density at radius 2 is 2.00 bits per heavy atom. The predicted molar refractivity (Wildman–Crippen MR) is 93.5 cm³/mol. The van der Waals surface area contributed by atoms with E-state index in [9.17, 15) is 14.9 Å². The second-order valence-corrected chi connectivity index (χ2v) is 5.67. The summed E-state index contributed by atoms with van der Waals surface area (Å²) in [6, 6.07) is 10.6. The third-order valence-electron chi connectivity index (χ3n) is 3.50. The van der Waals surface area contributed by atoms with Crippen LogP contribution in [-0.4, -0.2) is 28.1 Å². The van der Waals surface area contributed by atoms with Gasteiger partial charge in [0.2, 0.25) is 5.82 Å². The number of esters is 1. The van der Waals surface area contributed by atoms with Crippen LogP contribution in [0.5, 0.6) is 5.75 Å². The van der Waals surface area contributed by atoms with E-state index in [0.717, 1.165) is 6.07 Å². The molecule has 3 rings (SSSR count). The average molecular weight is 390 g/mol. The number of benzene rings is 2. The number of halogens is 1. The van der Waals surface area contributed by atoms with E-state index in [0.29, 0.717) is 16.4 Å². The number of carbonyl (C=O) groups is 1. The molecule has 1 heterocycles. The molecule has 0 fully saturated rings. The molecular weight excluding hydrogens is 378 g/mol. The molecule has 2 aromatic carbocycles. The number of nitrogens with zero attached hydrogens (tertiary/aromatic N) is 3. The minimum absolute atomic E-state index is 0.0411. The van der Waals surface area contributed by atoms with Gasteiger partial charge in [0, 0.05) is 16.7 Å². The molecule has 0 unspecified atom stereocenters. The highest BCUT2D eigenvalue weighted by molar-refractivity contribution is 6.30. The minimum Gasteiger partial charge on any atom is -0.477 e. The molecule has 10 heteroatoms. The first-order valence-electron chi connectivity index (χ1n) is 7.56. The Balaban J connectivity index is 1.76. The van der Waals surface area contributed by atoms with E-state index in [-0.39, 0.29) is 29.5 Å². The van der Waals surface area contributed by atoms with Gasteiger partial charge in [-0.25, -0.2) is 4.79 Å². The van der Waals surface area contributed by atoms with E-state index < -0.39 is 10.9 Å². The number of nitro benzene ring substituents is 1. The average Bonchev–Trinajstić information content (AvgIpc) is 3.15. The second kappa shape index (κ2) is 7.83. The lowest BCUT2D eigenvalue weighted by Crippen LogP contribution is -2.04. The number of aromatic nitrogens is 2. The summed E-state index contributed by atoms with van der Waals surface area (Å²) >= 11 is 5.83. The Kier molecular flexibility index (Phi) is 5.32. The van der Waals surface area contributed by atoms with Crippen LogP contribution in [0.1, 0.15) is 16.2 Å². The molecule has 0 radical (unpaired) electrons. The smallest absolute Gasteiger partial charge is 0.338 e. The van der Waals surface area contributed by atoms with Crippen molar-refractivity contribution in [2.24, 2.45) is 0 Å². The van der Waals surface area contributed by atoms with E-state index in [1.54, 1.807) is 24.3 Å². The van der Waals surface area contributed by atoms with E-state index in [2.05, 4.69) is 14.9 Å². The summed E-state index contributed by atoms with van der Waals surface area (Å²) in [5.41, 5.74) is 0.359. The summed E-state index contributed by atoms with van der Waals surface area (Å²) in [5, 5.41) is 15.6. The monoisotopic (exact) mass is 389 g/mol. The fourth-order valence-corrected chi connectivity index (χ4v) is 2.32. The molecule has 0 bridgehead atoms. The molecular formula is C17H12ClN3O6. The fourth-order valence-electron chi connectivity index (χ4n) is 2.20. The summed E-state index contributed by atoms with van der Waals surface area (Å²) in [7, 11) is 1.19. The third-order valence-corrected chi connectivity index (χ3v) is 3.75. The molecule has 1 aromatic heterocycles. The van der Waals surface area contributed by atoms with E-state index in [1.807, 2.05) is 0 Å². The first kappa shape index (κ1) is 18.3. The van der Waals surface area contributed by atoms with Gasteiger partial charge in [-0.3, -0.25) is 10.1 Å². The van der Waals surface area contributed by atoms with Crippen LogP contribution in [0.3, 0.4) is 0 Å². The summed E-state index contributed by atoms with van der Waals surface area (Å²) in [6.07, 6.45) is 0. The van der Waals surface area contributed by atoms with Crippen LogP contribution in [0.25, 0.3) is 11.4 Å². The van der Waals surface area contributed by atoms with Crippen molar-refractivity contribution < 1.29 is 23.7 Å². The lowest BCUT2D eigenvalue weighted by atomic mass is 10.2. The molecule has 0 N–H and O–H groups in total. The van der Waals surface area contributed by atoms with Gasteiger partial charge in [0.25, 0.3) is 5.89 Å². The van der Waals surface area contributed by atoms with Crippen molar-refractivity contribution in [3.8, 4) is 17.1 Å². The molecule has 0 amide bonds. The van der Waals surface area contributed by atoms with Gasteiger partial charge in [-0.05, 0) is 36.4 Å². The number of rotatable bonds is 6. The van der Waals surface area contributed by atoms with Gasteiger partial charge in [-0.15, -0.1) is 0 Å². The molecule has 27 heavy (non-hydrogen) atoms. The maximum absolute atomic E-state index is 11.5. The van der Waals surface area contributed by atoms with Crippen molar-refractivity contribution in [1.82, 2.24) is 10.1 Å². The lowest BCUT2D eigenvalue weighted by Gasteiger charge is -2.05. The van der Waals surface area contributed by atoms with Crippen LogP contribution >= 0.6 is 11.6 Å². The van der Waals surface area contributed by atoms with Gasteiger partial charge in [-0.1, -0.05) is 16.8 Å². The Morgan fingerprint density at radius 1 is 1.26 bits per heavy atom. The van der Waals surface area contributed by atoms with Gasteiger partial charge in [0.15, 0.2) is 12.4 Å². The highest BCUT2D eigenvalue weighted by Crippen LogP contribution is 2.29. The van der Waals surface area contributed by atoms with E-state index in [1.165, 1.54) is 19.2 Å². The zero-order valence-corrected chi connectivity index (χ0v) is 14.7. The molecule has 0 aliphatic heterocycles. The Labute approximate surface area is 157 Å². The van der Waals surface area contributed by atoms with Gasteiger partial charge < -0.3 is 14.0 Å². The SMILES string of the molecule is COC(=O)c1ccc(OCc2nc(-c3ccc(Cl)cc3)no2)c([N+](=O)[O-])c1. The highest BCUT2D eigenvalue weighted by Gasteiger charge is 2.20. The molecule has 0 atom stereocenters. The van der Waals surface area contributed by atoms with Gasteiger partial charge >= 0.3 is 11.7 Å². The van der Waals surface area contributed by atoms with E-state index in [4.69, 9.17) is 20.9 Å². The summed E-state index contributed by atoms with van der Waals surface area (Å²) < 4.78 is 15.0. The molecule has 0 saturated carbocycles. The standard InChI is InChI=1S/C17H12ClN3O6/c1-25-17(22)11-4-7-14(13(8-11)21(23)24)26-9-15-19-16(20-27-15)10-2-5-12(18)6-3-10/h2-8H,9H2,1H3. The molecule has 3 aromatic rings. The Morgan fingerprint density at radius 3 is 2.67 bits per heavy atom. The van der Waals surface area contributed by atoms with Crippen LogP contribution in [0.15, 0.2) is 47.0 Å². The number of methoxy groups -OCH3 is 1. The van der Waals surface area contributed by atoms with Crippen molar-refractivity contribution in [2.45, 2.75) is 6.61 Å². The highest BCUT2D eigenvalue weighted by atomic mass is 35.5. The van der Waals surface area contributed by atoms with Crippen LogP contribution in [0.4, 0.5) is 5.69 Å². The fraction of sp³-hybridized carbons (Fsp3) is 0.118. The normalized spacial score (nSPS) is 10.4. The van der Waals surface area contributed by atoms with Crippen molar-refractivity contribution in [3.63, 3.8) is 0 Å². The minimum atomic E-state index is -0.686. The summed E-state index contributed by atoms with van der Waals surface area (Å²) in [4.78, 5) is 26.2. The summed E-state index contributed by atoms with van der Waals surface area (Å²) in [5.74, 6) is -0.264. The molecule has 9 nitrogen and oxygen atoms in total. The van der Waals surface area contributed by atoms with Gasteiger partial charge in [0.1, 0.15) is 0 Å². The zero-order valence-electron chi connectivity index (χ0n) is 13.9.